The standard InChI is InChI=1S/C23H34N2O.H2/c1-18(26)24-22-11-12-23(21-10-6-5-9-20(21)22)13-15-25(16-14-23)17-19-7-3-2-4-8-19;/h5-6,9-10,19,22H,2-4,7-8,11-17H2,1H3,(H,24,26);1H/t22-;/m0./s1. The number of rotatable bonds is 3. The van der Waals surface area contributed by atoms with Gasteiger partial charge in [0.2, 0.25) is 5.91 Å². The van der Waals surface area contributed by atoms with Gasteiger partial charge in [0.25, 0.3) is 0 Å². The summed E-state index contributed by atoms with van der Waals surface area (Å²) in [6.45, 7) is 5.45. The van der Waals surface area contributed by atoms with Gasteiger partial charge in [0, 0.05) is 14.9 Å². The number of nitrogens with one attached hydrogen (secondary N) is 1. The van der Waals surface area contributed by atoms with Crippen molar-refractivity contribution in [1.82, 2.24) is 10.2 Å². The SMILES string of the molecule is CC(=O)N[C@H]1CCC2(CCN(CC3CCCCC3)CC2)c2ccccc21.[HH]. The molecule has 26 heavy (non-hydrogen) atoms. The first-order chi connectivity index (χ1) is 12.7. The predicted molar refractivity (Wildman–Crippen MR) is 108 cm³/mol. The van der Waals surface area contributed by atoms with E-state index in [1.54, 1.807) is 6.92 Å². The highest BCUT2D eigenvalue weighted by Crippen LogP contribution is 2.48. The van der Waals surface area contributed by atoms with Crippen molar-refractivity contribution in [3.8, 4) is 0 Å². The number of hydrogen-bond acceptors (Lipinski definition) is 2. The second-order valence-electron chi connectivity index (χ2n) is 8.96. The van der Waals surface area contributed by atoms with Crippen molar-refractivity contribution in [3.05, 3.63) is 35.4 Å². The zero-order chi connectivity index (χ0) is 18.0. The normalized spacial score (nSPS) is 26.4. The molecule has 0 aromatic heterocycles. The van der Waals surface area contributed by atoms with Gasteiger partial charge in [-0.3, -0.25) is 4.79 Å². The topological polar surface area (TPSA) is 32.3 Å². The maximum absolute atomic E-state index is 11.6. The van der Waals surface area contributed by atoms with Crippen LogP contribution in [0.3, 0.4) is 0 Å². The molecule has 1 saturated carbocycles. The highest BCUT2D eigenvalue weighted by Gasteiger charge is 2.42. The van der Waals surface area contributed by atoms with Gasteiger partial charge in [-0.25, -0.2) is 0 Å². The van der Waals surface area contributed by atoms with Gasteiger partial charge in [-0.15, -0.1) is 0 Å². The molecule has 1 heterocycles. The molecule has 1 atom stereocenters. The minimum Gasteiger partial charge on any atom is -0.350 e. The fraction of sp³-hybridized carbons (Fsp3) is 0.696. The van der Waals surface area contributed by atoms with Crippen LogP contribution in [0.4, 0.5) is 0 Å². The largest absolute Gasteiger partial charge is 0.350 e. The van der Waals surface area contributed by atoms with Crippen LogP contribution in [0.25, 0.3) is 0 Å². The van der Waals surface area contributed by atoms with Crippen molar-refractivity contribution >= 4 is 5.91 Å². The monoisotopic (exact) mass is 356 g/mol. The summed E-state index contributed by atoms with van der Waals surface area (Å²) in [6, 6.07) is 9.09. The minimum atomic E-state index is 0. The van der Waals surface area contributed by atoms with Crippen LogP contribution in [0.5, 0.6) is 0 Å². The lowest BCUT2D eigenvalue weighted by atomic mass is 9.63. The lowest BCUT2D eigenvalue weighted by Gasteiger charge is -2.48. The Morgan fingerprint density at radius 1 is 1.12 bits per heavy atom. The van der Waals surface area contributed by atoms with E-state index >= 15 is 0 Å². The summed E-state index contributed by atoms with van der Waals surface area (Å²) in [5.41, 5.74) is 3.23. The van der Waals surface area contributed by atoms with Crippen LogP contribution in [-0.2, 0) is 10.2 Å². The number of carbonyl (C=O) groups excluding carboxylic acids is 1. The van der Waals surface area contributed by atoms with Crippen molar-refractivity contribution in [2.75, 3.05) is 19.6 Å². The molecular formula is C23H36N2O. The molecule has 1 amide bonds. The predicted octanol–water partition coefficient (Wildman–Crippen LogP) is 4.82. The van der Waals surface area contributed by atoms with Gasteiger partial charge in [0.15, 0.2) is 0 Å². The quantitative estimate of drug-likeness (QED) is 0.842. The van der Waals surface area contributed by atoms with E-state index < -0.39 is 0 Å². The van der Waals surface area contributed by atoms with Crippen molar-refractivity contribution in [3.63, 3.8) is 0 Å². The number of nitrogens with zero attached hydrogens (tertiary/aromatic N) is 1. The van der Waals surface area contributed by atoms with E-state index in [1.165, 1.54) is 82.1 Å². The molecule has 0 radical (unpaired) electrons. The molecule has 1 spiro atoms. The highest BCUT2D eigenvalue weighted by molar-refractivity contribution is 5.73. The number of likely N-dealkylation sites (tertiary alicyclic amines) is 1. The molecule has 1 aromatic carbocycles. The Labute approximate surface area is 160 Å². The Kier molecular flexibility index (Phi) is 5.35. The van der Waals surface area contributed by atoms with E-state index in [4.69, 9.17) is 0 Å². The summed E-state index contributed by atoms with van der Waals surface area (Å²) in [5.74, 6) is 1.03. The molecule has 3 aliphatic rings. The molecule has 144 valence electrons. The summed E-state index contributed by atoms with van der Waals surface area (Å²) >= 11 is 0. The van der Waals surface area contributed by atoms with E-state index in [-0.39, 0.29) is 13.4 Å². The molecule has 2 fully saturated rings. The Morgan fingerprint density at radius 2 is 1.85 bits per heavy atom. The van der Waals surface area contributed by atoms with E-state index in [0.29, 0.717) is 5.41 Å². The van der Waals surface area contributed by atoms with Crippen LogP contribution in [0.2, 0.25) is 0 Å². The molecule has 3 heteroatoms. The van der Waals surface area contributed by atoms with E-state index in [2.05, 4.69) is 34.5 Å². The molecule has 2 aliphatic carbocycles. The van der Waals surface area contributed by atoms with Gasteiger partial charge in [-0.1, -0.05) is 43.5 Å². The third-order valence-electron chi connectivity index (χ3n) is 7.25. The van der Waals surface area contributed by atoms with Crippen LogP contribution in [0.15, 0.2) is 24.3 Å². The summed E-state index contributed by atoms with van der Waals surface area (Å²) in [6.07, 6.45) is 12.1. The van der Waals surface area contributed by atoms with Crippen molar-refractivity contribution < 1.29 is 6.22 Å². The number of amides is 1. The molecule has 1 aliphatic heterocycles. The maximum atomic E-state index is 11.6. The Bertz CT molecular complexity index is 633. The Morgan fingerprint density at radius 3 is 2.58 bits per heavy atom. The van der Waals surface area contributed by atoms with Crippen LogP contribution < -0.4 is 5.32 Å². The van der Waals surface area contributed by atoms with Crippen molar-refractivity contribution in [2.24, 2.45) is 5.92 Å². The number of carbonyl (C=O) groups is 1. The first-order valence-corrected chi connectivity index (χ1v) is 10.8. The van der Waals surface area contributed by atoms with E-state index in [9.17, 15) is 4.79 Å². The highest BCUT2D eigenvalue weighted by atomic mass is 16.1. The molecule has 0 bridgehead atoms. The van der Waals surface area contributed by atoms with E-state index in [0.717, 1.165) is 12.3 Å². The number of piperidine rings is 1. The summed E-state index contributed by atoms with van der Waals surface area (Å²) in [5, 5.41) is 3.17. The van der Waals surface area contributed by atoms with E-state index in [1.807, 2.05) is 0 Å². The summed E-state index contributed by atoms with van der Waals surface area (Å²) in [4.78, 5) is 14.3. The van der Waals surface area contributed by atoms with Gasteiger partial charge in [-0.05, 0) is 74.1 Å². The Hall–Kier alpha value is -1.35. The second kappa shape index (κ2) is 7.72. The molecule has 1 saturated heterocycles. The molecule has 3 nitrogen and oxygen atoms in total. The Balaban J connectivity index is 0.00000210. The third kappa shape index (κ3) is 3.69. The smallest absolute Gasteiger partial charge is 0.217 e. The zero-order valence-electron chi connectivity index (χ0n) is 16.3. The molecule has 4 rings (SSSR count). The van der Waals surface area contributed by atoms with Crippen LogP contribution in [-0.4, -0.2) is 30.4 Å². The number of hydrogen-bond donors (Lipinski definition) is 1. The van der Waals surface area contributed by atoms with Gasteiger partial charge in [0.1, 0.15) is 0 Å². The fourth-order valence-corrected chi connectivity index (χ4v) is 5.81. The van der Waals surface area contributed by atoms with Gasteiger partial charge >= 0.3 is 0 Å². The summed E-state index contributed by atoms with van der Waals surface area (Å²) < 4.78 is 0. The number of fused-ring (bicyclic) bond motifs is 2. The average Bonchev–Trinajstić information content (AvgIpc) is 2.67. The molecule has 1 aromatic rings. The minimum absolute atomic E-state index is 0. The van der Waals surface area contributed by atoms with Crippen LogP contribution in [0.1, 0.15) is 83.3 Å². The molecule has 0 unspecified atom stereocenters. The second-order valence-corrected chi connectivity index (χ2v) is 8.96. The van der Waals surface area contributed by atoms with Crippen molar-refractivity contribution in [1.29, 1.82) is 0 Å². The lowest BCUT2D eigenvalue weighted by Crippen LogP contribution is -2.47. The van der Waals surface area contributed by atoms with Crippen LogP contribution in [0, 0.1) is 5.92 Å². The van der Waals surface area contributed by atoms with Gasteiger partial charge in [0.05, 0.1) is 6.04 Å². The number of benzene rings is 1. The molecular weight excluding hydrogens is 320 g/mol. The average molecular weight is 357 g/mol. The van der Waals surface area contributed by atoms with Crippen molar-refractivity contribution in [2.45, 2.75) is 76.2 Å². The zero-order valence-corrected chi connectivity index (χ0v) is 16.3. The lowest BCUT2D eigenvalue weighted by molar-refractivity contribution is -0.119. The van der Waals surface area contributed by atoms with Gasteiger partial charge in [-0.2, -0.15) is 0 Å². The van der Waals surface area contributed by atoms with Crippen LogP contribution >= 0.6 is 0 Å². The summed E-state index contributed by atoms with van der Waals surface area (Å²) in [7, 11) is 0. The van der Waals surface area contributed by atoms with Gasteiger partial charge < -0.3 is 10.2 Å². The first kappa shape index (κ1) is 18.0. The molecule has 1 N–H and O–H groups in total. The fourth-order valence-electron chi connectivity index (χ4n) is 5.81. The first-order valence-electron chi connectivity index (χ1n) is 10.8. The maximum Gasteiger partial charge on any atom is 0.217 e. The third-order valence-corrected chi connectivity index (χ3v) is 7.25.